The number of aryl methyl sites for hydroxylation is 1. The van der Waals surface area contributed by atoms with E-state index < -0.39 is 5.82 Å². The van der Waals surface area contributed by atoms with Gasteiger partial charge in [-0.25, -0.2) is 14.4 Å². The molecular weight excluding hydrogens is 375 g/mol. The number of hydrogen-bond donors (Lipinski definition) is 0. The second kappa shape index (κ2) is 7.28. The third kappa shape index (κ3) is 3.16. The summed E-state index contributed by atoms with van der Waals surface area (Å²) in [5.41, 5.74) is 4.04. The van der Waals surface area contributed by atoms with Gasteiger partial charge < -0.3 is 4.42 Å². The van der Waals surface area contributed by atoms with Gasteiger partial charge >= 0.3 is 0 Å². The van der Waals surface area contributed by atoms with Crippen molar-refractivity contribution in [2.24, 2.45) is 4.99 Å². The van der Waals surface area contributed by atoms with Crippen LogP contribution in [0.15, 0.2) is 65.0 Å². The number of pyridine rings is 2. The number of hydrogen-bond acceptors (Lipinski definition) is 6. The van der Waals surface area contributed by atoms with E-state index in [9.17, 15) is 4.39 Å². The molecule has 138 valence electrons. The van der Waals surface area contributed by atoms with Crippen LogP contribution in [0.2, 0.25) is 0 Å². The Kier molecular flexibility index (Phi) is 4.67. The van der Waals surface area contributed by atoms with Gasteiger partial charge in [-0.1, -0.05) is 12.7 Å². The monoisotopic (exact) mass is 390 g/mol. The second-order valence-corrected chi connectivity index (χ2v) is 6.96. The lowest BCUT2D eigenvalue weighted by Crippen LogP contribution is -1.92. The Balaban J connectivity index is 1.89. The zero-order valence-electron chi connectivity index (χ0n) is 15.0. The predicted molar refractivity (Wildman–Crippen MR) is 111 cm³/mol. The summed E-state index contributed by atoms with van der Waals surface area (Å²) in [5.74, 6) is -0.402. The molecule has 0 amide bonds. The minimum atomic E-state index is -0.402. The van der Waals surface area contributed by atoms with E-state index >= 15 is 0 Å². The van der Waals surface area contributed by atoms with Crippen molar-refractivity contribution >= 4 is 34.7 Å². The second-order valence-electron chi connectivity index (χ2n) is 5.96. The molecule has 5 nitrogen and oxygen atoms in total. The van der Waals surface area contributed by atoms with Gasteiger partial charge in [-0.15, -0.1) is 11.3 Å². The Morgan fingerprint density at radius 2 is 2.14 bits per heavy atom. The quantitative estimate of drug-likeness (QED) is 0.324. The van der Waals surface area contributed by atoms with E-state index in [-0.39, 0.29) is 0 Å². The first-order chi connectivity index (χ1) is 13.6. The number of halogens is 1. The Labute approximate surface area is 164 Å². The summed E-state index contributed by atoms with van der Waals surface area (Å²) in [7, 11) is 0. The van der Waals surface area contributed by atoms with Crippen LogP contribution in [-0.4, -0.2) is 21.7 Å². The highest BCUT2D eigenvalue weighted by molar-refractivity contribution is 7.18. The third-order valence-corrected chi connectivity index (χ3v) is 5.35. The van der Waals surface area contributed by atoms with E-state index in [0.29, 0.717) is 33.2 Å². The number of aromatic nitrogens is 3. The molecule has 0 saturated carbocycles. The van der Waals surface area contributed by atoms with E-state index in [4.69, 9.17) is 9.40 Å². The van der Waals surface area contributed by atoms with Crippen LogP contribution >= 0.6 is 11.3 Å². The van der Waals surface area contributed by atoms with E-state index in [1.807, 2.05) is 19.1 Å². The lowest BCUT2D eigenvalue weighted by Gasteiger charge is -2.06. The molecule has 0 aliphatic carbocycles. The van der Waals surface area contributed by atoms with Crippen molar-refractivity contribution in [3.05, 3.63) is 72.8 Å². The van der Waals surface area contributed by atoms with Crippen LogP contribution in [-0.2, 0) is 0 Å². The van der Waals surface area contributed by atoms with E-state index in [2.05, 4.69) is 28.3 Å². The van der Waals surface area contributed by atoms with Crippen LogP contribution < -0.4 is 0 Å². The van der Waals surface area contributed by atoms with Crippen molar-refractivity contribution in [1.29, 1.82) is 0 Å². The van der Waals surface area contributed by atoms with Crippen LogP contribution in [0, 0.1) is 12.7 Å². The summed E-state index contributed by atoms with van der Waals surface area (Å²) in [4.78, 5) is 18.2. The van der Waals surface area contributed by atoms with Gasteiger partial charge in [-0.2, -0.15) is 0 Å². The van der Waals surface area contributed by atoms with Gasteiger partial charge in [0.1, 0.15) is 22.1 Å². The summed E-state index contributed by atoms with van der Waals surface area (Å²) >= 11 is 1.42. The van der Waals surface area contributed by atoms with Gasteiger partial charge in [0.15, 0.2) is 0 Å². The van der Waals surface area contributed by atoms with E-state index in [1.54, 1.807) is 24.6 Å². The molecule has 0 radical (unpaired) electrons. The molecule has 0 aliphatic rings. The van der Waals surface area contributed by atoms with Crippen molar-refractivity contribution in [2.75, 3.05) is 0 Å². The third-order valence-electron chi connectivity index (χ3n) is 4.12. The maximum absolute atomic E-state index is 13.5. The molecule has 0 aliphatic heterocycles. The summed E-state index contributed by atoms with van der Waals surface area (Å²) in [6.45, 7) is 9.24. The average Bonchev–Trinajstić information content (AvgIpc) is 3.32. The van der Waals surface area contributed by atoms with Gasteiger partial charge in [0.05, 0.1) is 34.4 Å². The highest BCUT2D eigenvalue weighted by Gasteiger charge is 2.18. The summed E-state index contributed by atoms with van der Waals surface area (Å²) in [5, 5.41) is 1.51. The van der Waals surface area contributed by atoms with E-state index in [0.717, 1.165) is 16.0 Å². The number of fused-ring (bicyclic) bond motifs is 1. The van der Waals surface area contributed by atoms with Crippen LogP contribution in [0.4, 0.5) is 4.39 Å². The number of nitrogens with zero attached hydrogens (tertiary/aromatic N) is 4. The SMILES string of the molecule is C=C/C=C(\N=C)c1nc(-c2sc(-c3cncc(F)c3)nc2C)cc2occc12. The molecule has 4 aromatic rings. The maximum Gasteiger partial charge on any atom is 0.142 e. The van der Waals surface area contributed by atoms with Gasteiger partial charge in [0.2, 0.25) is 0 Å². The topological polar surface area (TPSA) is 64.2 Å². The number of rotatable bonds is 5. The normalized spacial score (nSPS) is 11.7. The van der Waals surface area contributed by atoms with Crippen LogP contribution in [0.1, 0.15) is 11.4 Å². The molecule has 0 saturated heterocycles. The number of thiazole rings is 1. The standard InChI is InChI=1S/C21H15FN4OS/c1-4-5-16(23-3)19-15-6-7-27-18(15)9-17(26-19)20-12(2)25-21(28-20)13-8-14(22)11-24-10-13/h4-11H,1,3H2,2H3/b16-5-. The van der Waals surface area contributed by atoms with Gasteiger partial charge in [0.25, 0.3) is 0 Å². The molecular formula is C21H15FN4OS. The Morgan fingerprint density at radius 1 is 1.29 bits per heavy atom. The molecule has 4 rings (SSSR count). The highest BCUT2D eigenvalue weighted by atomic mass is 32.1. The fourth-order valence-electron chi connectivity index (χ4n) is 2.88. The summed E-state index contributed by atoms with van der Waals surface area (Å²) in [6, 6.07) is 5.12. The molecule has 0 aromatic carbocycles. The molecule has 0 unspecified atom stereocenters. The zero-order valence-corrected chi connectivity index (χ0v) is 15.8. The number of furan rings is 1. The minimum Gasteiger partial charge on any atom is -0.464 e. The maximum atomic E-state index is 13.5. The van der Waals surface area contributed by atoms with Crippen molar-refractivity contribution in [3.63, 3.8) is 0 Å². The lowest BCUT2D eigenvalue weighted by atomic mass is 10.1. The molecule has 0 bridgehead atoms. The minimum absolute atomic E-state index is 0.402. The molecule has 28 heavy (non-hydrogen) atoms. The molecule has 0 N–H and O–H groups in total. The van der Waals surface area contributed by atoms with Crippen molar-refractivity contribution in [3.8, 4) is 21.1 Å². The Morgan fingerprint density at radius 3 is 2.89 bits per heavy atom. The molecule has 4 aromatic heterocycles. The smallest absolute Gasteiger partial charge is 0.142 e. The highest BCUT2D eigenvalue weighted by Crippen LogP contribution is 2.37. The fraction of sp³-hybridized carbons (Fsp3) is 0.0476. The van der Waals surface area contributed by atoms with Gasteiger partial charge in [-0.05, 0) is 31.9 Å². The fourth-order valence-corrected chi connectivity index (χ4v) is 3.89. The largest absolute Gasteiger partial charge is 0.464 e. The molecule has 0 fully saturated rings. The van der Waals surface area contributed by atoms with Crippen molar-refractivity contribution in [2.45, 2.75) is 6.92 Å². The average molecular weight is 390 g/mol. The van der Waals surface area contributed by atoms with Crippen molar-refractivity contribution in [1.82, 2.24) is 15.0 Å². The number of allylic oxidation sites excluding steroid dienone is 2. The first kappa shape index (κ1) is 17.9. The van der Waals surface area contributed by atoms with Gasteiger partial charge in [0, 0.05) is 23.2 Å². The Hall–Kier alpha value is -3.45. The van der Waals surface area contributed by atoms with Crippen LogP contribution in [0.5, 0.6) is 0 Å². The molecule has 0 atom stereocenters. The number of aliphatic imine (C=N–C) groups is 1. The van der Waals surface area contributed by atoms with E-state index in [1.165, 1.54) is 23.6 Å². The van der Waals surface area contributed by atoms with Crippen molar-refractivity contribution < 1.29 is 8.81 Å². The lowest BCUT2D eigenvalue weighted by molar-refractivity contribution is 0.615. The van der Waals surface area contributed by atoms with Gasteiger partial charge in [-0.3, -0.25) is 9.98 Å². The predicted octanol–water partition coefficient (Wildman–Crippen LogP) is 5.69. The van der Waals surface area contributed by atoms with Crippen LogP contribution in [0.25, 0.3) is 37.8 Å². The molecule has 0 spiro atoms. The molecule has 7 heteroatoms. The zero-order chi connectivity index (χ0) is 19.7. The first-order valence-electron chi connectivity index (χ1n) is 8.37. The first-order valence-corrected chi connectivity index (χ1v) is 9.19. The summed E-state index contributed by atoms with van der Waals surface area (Å²) < 4.78 is 19.1. The molecule has 4 heterocycles. The van der Waals surface area contributed by atoms with Crippen LogP contribution in [0.3, 0.4) is 0 Å². The Bertz CT molecular complexity index is 1240. The summed E-state index contributed by atoms with van der Waals surface area (Å²) in [6.07, 6.45) is 7.75.